The molecule has 1 aliphatic rings. The third-order valence-electron chi connectivity index (χ3n) is 1.10. The van der Waals surface area contributed by atoms with Crippen molar-refractivity contribution in [3.63, 3.8) is 0 Å². The highest BCUT2D eigenvalue weighted by molar-refractivity contribution is 5.67. The molecule has 8 heavy (non-hydrogen) atoms. The van der Waals surface area contributed by atoms with Crippen LogP contribution in [0, 0.1) is 0 Å². The minimum Gasteiger partial charge on any atom is -0.328 e. The Bertz CT molecular complexity index is 132. The molecule has 0 bridgehead atoms. The van der Waals surface area contributed by atoms with E-state index in [9.17, 15) is 4.79 Å². The van der Waals surface area contributed by atoms with Gasteiger partial charge in [-0.05, 0) is 13.0 Å². The third-order valence-corrected chi connectivity index (χ3v) is 1.10. The Hall–Kier alpha value is -0.830. The van der Waals surface area contributed by atoms with Crippen molar-refractivity contribution in [1.82, 2.24) is 10.9 Å². The molecule has 3 nitrogen and oxygen atoms in total. The number of carbonyl (C=O) groups is 1. The fourth-order valence-corrected chi connectivity index (χ4v) is 0.522. The molecule has 1 aliphatic heterocycles. The lowest BCUT2D eigenvalue weighted by atomic mass is 10.1. The normalized spacial score (nSPS) is 34.6. The highest BCUT2D eigenvalue weighted by atomic mass is 16.1. The van der Waals surface area contributed by atoms with Crippen LogP contribution in [-0.4, -0.2) is 11.8 Å². The van der Waals surface area contributed by atoms with Crippen LogP contribution in [0.1, 0.15) is 6.92 Å². The first-order chi connectivity index (χ1) is 3.77. The predicted molar refractivity (Wildman–Crippen MR) is 29.9 cm³/mol. The highest BCUT2D eigenvalue weighted by Crippen LogP contribution is 2.02. The Labute approximate surface area is 47.7 Å². The van der Waals surface area contributed by atoms with E-state index < -0.39 is 5.54 Å². The molecule has 1 heterocycles. The van der Waals surface area contributed by atoms with Gasteiger partial charge in [-0.2, -0.15) is 0 Å². The summed E-state index contributed by atoms with van der Waals surface area (Å²) in [5.41, 5.74) is 4.97. The third kappa shape index (κ3) is 0.721. The van der Waals surface area contributed by atoms with Gasteiger partial charge in [-0.25, -0.2) is 5.43 Å². The van der Waals surface area contributed by atoms with Crippen LogP contribution < -0.4 is 10.9 Å². The quantitative estimate of drug-likeness (QED) is 0.452. The lowest BCUT2D eigenvalue weighted by molar-refractivity contribution is -0.111. The molecule has 0 radical (unpaired) electrons. The molecule has 0 fully saturated rings. The van der Waals surface area contributed by atoms with E-state index in [1.54, 1.807) is 19.2 Å². The average molecular weight is 112 g/mol. The number of hydrogen-bond donors (Lipinski definition) is 2. The second-order valence-electron chi connectivity index (χ2n) is 2.00. The van der Waals surface area contributed by atoms with E-state index in [4.69, 9.17) is 0 Å². The molecule has 0 aliphatic carbocycles. The summed E-state index contributed by atoms with van der Waals surface area (Å²) in [6, 6.07) is 0. The second kappa shape index (κ2) is 1.59. The van der Waals surface area contributed by atoms with Gasteiger partial charge in [0.05, 0.1) is 0 Å². The maximum Gasteiger partial charge on any atom is 0.145 e. The molecule has 0 saturated heterocycles. The van der Waals surface area contributed by atoms with Gasteiger partial charge in [0.25, 0.3) is 0 Å². The van der Waals surface area contributed by atoms with Crippen LogP contribution in [0.25, 0.3) is 0 Å². The largest absolute Gasteiger partial charge is 0.328 e. The van der Waals surface area contributed by atoms with Gasteiger partial charge in [0.15, 0.2) is 0 Å². The van der Waals surface area contributed by atoms with E-state index in [-0.39, 0.29) is 0 Å². The van der Waals surface area contributed by atoms with Crippen molar-refractivity contribution >= 4 is 6.29 Å². The van der Waals surface area contributed by atoms with Crippen molar-refractivity contribution in [2.45, 2.75) is 12.5 Å². The van der Waals surface area contributed by atoms with Gasteiger partial charge >= 0.3 is 0 Å². The minimum atomic E-state index is -0.486. The van der Waals surface area contributed by atoms with Gasteiger partial charge in [0, 0.05) is 6.20 Å². The Morgan fingerprint density at radius 3 is 2.75 bits per heavy atom. The maximum atomic E-state index is 10.2. The molecule has 0 saturated carbocycles. The fourth-order valence-electron chi connectivity index (χ4n) is 0.522. The van der Waals surface area contributed by atoms with Crippen molar-refractivity contribution in [2.75, 3.05) is 0 Å². The molecule has 0 spiro atoms. The van der Waals surface area contributed by atoms with Crippen LogP contribution in [0.2, 0.25) is 0 Å². The molecule has 0 aromatic heterocycles. The topological polar surface area (TPSA) is 41.1 Å². The summed E-state index contributed by atoms with van der Waals surface area (Å²) in [5.74, 6) is 0. The molecule has 2 N–H and O–H groups in total. The van der Waals surface area contributed by atoms with E-state index >= 15 is 0 Å². The summed E-state index contributed by atoms with van der Waals surface area (Å²) >= 11 is 0. The fraction of sp³-hybridized carbons (Fsp3) is 0.400. The van der Waals surface area contributed by atoms with Crippen LogP contribution >= 0.6 is 0 Å². The van der Waals surface area contributed by atoms with Crippen molar-refractivity contribution in [3.8, 4) is 0 Å². The van der Waals surface area contributed by atoms with Crippen LogP contribution in [0.15, 0.2) is 12.3 Å². The number of aldehydes is 1. The van der Waals surface area contributed by atoms with Crippen LogP contribution in [-0.2, 0) is 4.79 Å². The van der Waals surface area contributed by atoms with E-state index in [0.29, 0.717) is 0 Å². The maximum absolute atomic E-state index is 10.2. The van der Waals surface area contributed by atoms with Crippen molar-refractivity contribution in [3.05, 3.63) is 12.3 Å². The zero-order chi connectivity index (χ0) is 6.04. The van der Waals surface area contributed by atoms with Crippen LogP contribution in [0.3, 0.4) is 0 Å². The van der Waals surface area contributed by atoms with E-state index in [2.05, 4.69) is 10.9 Å². The number of hydrazine groups is 1. The lowest BCUT2D eigenvalue weighted by Gasteiger charge is -2.11. The molecule has 3 heteroatoms. The van der Waals surface area contributed by atoms with Crippen molar-refractivity contribution < 1.29 is 4.79 Å². The summed E-state index contributed by atoms with van der Waals surface area (Å²) in [7, 11) is 0. The smallest absolute Gasteiger partial charge is 0.145 e. The summed E-state index contributed by atoms with van der Waals surface area (Å²) in [5, 5.41) is 0. The van der Waals surface area contributed by atoms with Gasteiger partial charge in [0.1, 0.15) is 11.8 Å². The zero-order valence-corrected chi connectivity index (χ0v) is 4.64. The molecule has 44 valence electrons. The van der Waals surface area contributed by atoms with Gasteiger partial charge in [0.2, 0.25) is 0 Å². The average Bonchev–Trinajstić information content (AvgIpc) is 2.17. The first kappa shape index (κ1) is 5.31. The Morgan fingerprint density at radius 2 is 2.50 bits per heavy atom. The van der Waals surface area contributed by atoms with Gasteiger partial charge in [-0.3, -0.25) is 0 Å². The number of hydrogen-bond acceptors (Lipinski definition) is 3. The standard InChI is InChI=1S/C5H8N2O/c1-5(4-8)2-3-6-7-5/h2-4,6-7H,1H3. The molecule has 1 atom stereocenters. The van der Waals surface area contributed by atoms with Crippen molar-refractivity contribution in [1.29, 1.82) is 0 Å². The summed E-state index contributed by atoms with van der Waals surface area (Å²) in [4.78, 5) is 10.2. The second-order valence-corrected chi connectivity index (χ2v) is 2.00. The SMILES string of the molecule is CC1(C=O)C=CNN1. The summed E-state index contributed by atoms with van der Waals surface area (Å²) < 4.78 is 0. The number of carbonyl (C=O) groups excluding carboxylic acids is 1. The monoisotopic (exact) mass is 112 g/mol. The zero-order valence-electron chi connectivity index (χ0n) is 4.64. The molecular weight excluding hydrogens is 104 g/mol. The van der Waals surface area contributed by atoms with E-state index in [1.807, 2.05) is 0 Å². The van der Waals surface area contributed by atoms with Gasteiger partial charge in [-0.15, -0.1) is 0 Å². The molecule has 1 rings (SSSR count). The molecule has 0 aromatic carbocycles. The molecule has 1 unspecified atom stereocenters. The minimum absolute atomic E-state index is 0.486. The summed E-state index contributed by atoms with van der Waals surface area (Å²) in [6.07, 6.45) is 4.32. The Kier molecular flexibility index (Phi) is 1.06. The summed E-state index contributed by atoms with van der Waals surface area (Å²) in [6.45, 7) is 1.79. The van der Waals surface area contributed by atoms with Crippen molar-refractivity contribution in [2.24, 2.45) is 0 Å². The first-order valence-electron chi connectivity index (χ1n) is 2.44. The van der Waals surface area contributed by atoms with Crippen LogP contribution in [0.4, 0.5) is 0 Å². The molecular formula is C5H8N2O. The van der Waals surface area contributed by atoms with Crippen LogP contribution in [0.5, 0.6) is 0 Å². The first-order valence-corrected chi connectivity index (χ1v) is 2.44. The van der Waals surface area contributed by atoms with Gasteiger partial charge in [-0.1, -0.05) is 0 Å². The predicted octanol–water partition coefficient (Wildman–Crippen LogP) is -0.435. The van der Waals surface area contributed by atoms with E-state index in [0.717, 1.165) is 6.29 Å². The lowest BCUT2D eigenvalue weighted by Crippen LogP contribution is -2.42. The highest BCUT2D eigenvalue weighted by Gasteiger charge is 2.21. The van der Waals surface area contributed by atoms with E-state index in [1.165, 1.54) is 0 Å². The Morgan fingerprint density at radius 1 is 1.75 bits per heavy atom. The Balaban J connectivity index is 2.67. The molecule has 0 aromatic rings. The number of nitrogens with one attached hydrogen (secondary N) is 2. The number of rotatable bonds is 1. The molecule has 0 amide bonds. The van der Waals surface area contributed by atoms with Gasteiger partial charge < -0.3 is 10.2 Å².